The number of likely N-dealkylation sites (N-methyl/N-ethyl adjacent to an activating group) is 1. The molecule has 24 heavy (non-hydrogen) atoms. The number of carbonyl (C=O) groups excluding carboxylic acids is 1. The van der Waals surface area contributed by atoms with Crippen LogP contribution in [0.5, 0.6) is 0 Å². The lowest BCUT2D eigenvalue weighted by atomic mass is 9.81. The molecule has 120 valence electrons. The largest absolute Gasteiger partial charge is 0.436 e. The van der Waals surface area contributed by atoms with Crippen LogP contribution in [0.25, 0.3) is 0 Å². The van der Waals surface area contributed by atoms with Gasteiger partial charge in [0.2, 0.25) is 0 Å². The van der Waals surface area contributed by atoms with Crippen molar-refractivity contribution in [1.29, 1.82) is 0 Å². The van der Waals surface area contributed by atoms with Crippen LogP contribution in [-0.4, -0.2) is 29.6 Å². The molecule has 1 saturated heterocycles. The minimum atomic E-state index is -0.559. The highest BCUT2D eigenvalue weighted by Crippen LogP contribution is 2.42. The Balaban J connectivity index is 1.72. The summed E-state index contributed by atoms with van der Waals surface area (Å²) in [5.41, 5.74) is 3.30. The second-order valence-corrected chi connectivity index (χ2v) is 6.41. The lowest BCUT2D eigenvalue weighted by Gasteiger charge is -2.32. The van der Waals surface area contributed by atoms with E-state index in [1.54, 1.807) is 11.9 Å². The number of carbonyl (C=O) groups is 1. The van der Waals surface area contributed by atoms with Crippen molar-refractivity contribution < 1.29 is 9.53 Å². The molecule has 4 rings (SSSR count). The van der Waals surface area contributed by atoms with Crippen LogP contribution in [-0.2, 0) is 16.8 Å². The molecule has 4 nitrogen and oxygen atoms in total. The van der Waals surface area contributed by atoms with Crippen molar-refractivity contribution in [3.8, 4) is 11.8 Å². The van der Waals surface area contributed by atoms with Gasteiger partial charge in [-0.05, 0) is 37.5 Å². The maximum absolute atomic E-state index is 11.9. The average molecular weight is 318 g/mol. The predicted molar refractivity (Wildman–Crippen MR) is 90.4 cm³/mol. The molecule has 1 unspecified atom stereocenters. The van der Waals surface area contributed by atoms with Crippen LogP contribution in [0.3, 0.4) is 0 Å². The highest BCUT2D eigenvalue weighted by atomic mass is 16.6. The number of ether oxygens (including phenoxy) is 1. The molecule has 1 aliphatic carbocycles. The lowest BCUT2D eigenvalue weighted by Crippen LogP contribution is -2.35. The molecule has 1 fully saturated rings. The van der Waals surface area contributed by atoms with Gasteiger partial charge < -0.3 is 9.64 Å². The summed E-state index contributed by atoms with van der Waals surface area (Å²) in [5.74, 6) is 6.33. The van der Waals surface area contributed by atoms with Gasteiger partial charge in [0.25, 0.3) is 0 Å². The Morgan fingerprint density at radius 3 is 2.75 bits per heavy atom. The van der Waals surface area contributed by atoms with Crippen molar-refractivity contribution in [2.24, 2.45) is 0 Å². The first-order valence-electron chi connectivity index (χ1n) is 8.17. The molecule has 2 aliphatic rings. The first kappa shape index (κ1) is 14.8. The maximum Gasteiger partial charge on any atom is 0.410 e. The zero-order valence-corrected chi connectivity index (χ0v) is 13.6. The van der Waals surface area contributed by atoms with Gasteiger partial charge in [0, 0.05) is 35.6 Å². The number of fused-ring (bicyclic) bond motifs is 2. The lowest BCUT2D eigenvalue weighted by molar-refractivity contribution is 0.0389. The molecule has 1 aromatic carbocycles. The van der Waals surface area contributed by atoms with E-state index in [0.29, 0.717) is 6.54 Å². The third-order valence-corrected chi connectivity index (χ3v) is 4.67. The molecule has 1 aromatic heterocycles. The Morgan fingerprint density at radius 2 is 2.00 bits per heavy atom. The van der Waals surface area contributed by atoms with E-state index < -0.39 is 5.60 Å². The predicted octanol–water partition coefficient (Wildman–Crippen LogP) is 3.10. The van der Waals surface area contributed by atoms with Crippen molar-refractivity contribution in [1.82, 2.24) is 9.88 Å². The van der Waals surface area contributed by atoms with Crippen molar-refractivity contribution >= 4 is 6.09 Å². The van der Waals surface area contributed by atoms with E-state index in [-0.39, 0.29) is 6.09 Å². The molecule has 0 N–H and O–H groups in total. The van der Waals surface area contributed by atoms with Gasteiger partial charge in [-0.15, -0.1) is 0 Å². The molecule has 1 aliphatic heterocycles. The molecule has 4 heteroatoms. The Bertz CT molecular complexity index is 851. The summed E-state index contributed by atoms with van der Waals surface area (Å²) in [6.45, 7) is 0.579. The fourth-order valence-corrected chi connectivity index (χ4v) is 3.49. The number of nitrogens with zero attached hydrogens (tertiary/aromatic N) is 2. The fourth-order valence-electron chi connectivity index (χ4n) is 3.49. The SMILES string of the molecule is CN1CC2(CCCc3ncc(C#Cc4ccccc4)cc32)OC1=O. The Hall–Kier alpha value is -2.80. The topological polar surface area (TPSA) is 42.4 Å². The highest BCUT2D eigenvalue weighted by molar-refractivity contribution is 5.71. The van der Waals surface area contributed by atoms with E-state index >= 15 is 0 Å². The molecule has 0 saturated carbocycles. The Kier molecular flexibility index (Phi) is 3.50. The molecule has 1 spiro atoms. The highest BCUT2D eigenvalue weighted by Gasteiger charge is 2.48. The Morgan fingerprint density at radius 1 is 1.21 bits per heavy atom. The van der Waals surface area contributed by atoms with Crippen molar-refractivity contribution in [3.63, 3.8) is 0 Å². The number of benzene rings is 1. The van der Waals surface area contributed by atoms with Gasteiger partial charge in [-0.1, -0.05) is 30.0 Å². The van der Waals surface area contributed by atoms with Crippen molar-refractivity contribution in [2.75, 3.05) is 13.6 Å². The molecule has 1 amide bonds. The van der Waals surface area contributed by atoms with E-state index in [0.717, 1.165) is 41.6 Å². The third-order valence-electron chi connectivity index (χ3n) is 4.67. The summed E-state index contributed by atoms with van der Waals surface area (Å²) in [6.07, 6.45) is 4.30. The van der Waals surface area contributed by atoms with Gasteiger partial charge >= 0.3 is 6.09 Å². The standard InChI is InChI=1S/C20H18N2O2/c1-22-14-20(24-19(22)23)11-5-8-18-17(20)12-16(13-21-18)10-9-15-6-3-2-4-7-15/h2-4,6-7,12-13H,5,8,11,14H2,1H3. The summed E-state index contributed by atoms with van der Waals surface area (Å²) in [7, 11) is 1.78. The van der Waals surface area contributed by atoms with Crippen LogP contribution in [0.4, 0.5) is 4.79 Å². The zero-order valence-electron chi connectivity index (χ0n) is 13.6. The number of hydrogen-bond acceptors (Lipinski definition) is 3. The van der Waals surface area contributed by atoms with Crippen LogP contribution < -0.4 is 0 Å². The van der Waals surface area contributed by atoms with Gasteiger partial charge in [-0.2, -0.15) is 0 Å². The molecular weight excluding hydrogens is 300 g/mol. The summed E-state index contributed by atoms with van der Waals surface area (Å²) >= 11 is 0. The number of pyridine rings is 1. The summed E-state index contributed by atoms with van der Waals surface area (Å²) in [6, 6.07) is 11.9. The number of rotatable bonds is 0. The molecule has 0 bridgehead atoms. The zero-order chi connectivity index (χ0) is 16.6. The van der Waals surface area contributed by atoms with Crippen LogP contribution in [0, 0.1) is 11.8 Å². The van der Waals surface area contributed by atoms with E-state index in [2.05, 4.69) is 16.8 Å². The number of hydrogen-bond donors (Lipinski definition) is 0. The number of amides is 1. The van der Waals surface area contributed by atoms with Gasteiger partial charge in [-0.25, -0.2) is 4.79 Å². The summed E-state index contributed by atoms with van der Waals surface area (Å²) in [5, 5.41) is 0. The molecule has 2 heterocycles. The minimum absolute atomic E-state index is 0.261. The average Bonchev–Trinajstić information content (AvgIpc) is 2.89. The number of aromatic nitrogens is 1. The first-order valence-corrected chi connectivity index (χ1v) is 8.17. The minimum Gasteiger partial charge on any atom is -0.436 e. The maximum atomic E-state index is 11.9. The van der Waals surface area contributed by atoms with Gasteiger partial charge in [0.05, 0.1) is 6.54 Å². The molecule has 1 atom stereocenters. The second kappa shape index (κ2) is 5.68. The van der Waals surface area contributed by atoms with Crippen LogP contribution in [0.1, 0.15) is 35.2 Å². The smallest absolute Gasteiger partial charge is 0.410 e. The number of aryl methyl sites for hydroxylation is 1. The summed E-state index contributed by atoms with van der Waals surface area (Å²) in [4.78, 5) is 18.1. The molecule has 2 aromatic rings. The van der Waals surface area contributed by atoms with Crippen LogP contribution >= 0.6 is 0 Å². The van der Waals surface area contributed by atoms with Crippen molar-refractivity contribution in [3.05, 3.63) is 65.0 Å². The van der Waals surface area contributed by atoms with Crippen LogP contribution in [0.15, 0.2) is 42.6 Å². The van der Waals surface area contributed by atoms with Crippen molar-refractivity contribution in [2.45, 2.75) is 24.9 Å². The van der Waals surface area contributed by atoms with Gasteiger partial charge in [-0.3, -0.25) is 4.98 Å². The molecular formula is C20H18N2O2. The van der Waals surface area contributed by atoms with E-state index in [9.17, 15) is 4.79 Å². The van der Waals surface area contributed by atoms with Gasteiger partial charge in [0.15, 0.2) is 5.60 Å². The third kappa shape index (κ3) is 2.52. The van der Waals surface area contributed by atoms with E-state index in [1.165, 1.54) is 0 Å². The normalized spacial score (nSPS) is 21.9. The van der Waals surface area contributed by atoms with E-state index in [4.69, 9.17) is 4.74 Å². The van der Waals surface area contributed by atoms with Gasteiger partial charge in [0.1, 0.15) is 0 Å². The second-order valence-electron chi connectivity index (χ2n) is 6.41. The van der Waals surface area contributed by atoms with Crippen LogP contribution in [0.2, 0.25) is 0 Å². The first-order chi connectivity index (χ1) is 11.7. The summed E-state index contributed by atoms with van der Waals surface area (Å²) < 4.78 is 5.75. The van der Waals surface area contributed by atoms with E-state index in [1.807, 2.05) is 42.6 Å². The molecule has 0 radical (unpaired) electrons. The fraction of sp³-hybridized carbons (Fsp3) is 0.300. The Labute approximate surface area is 141 Å². The quantitative estimate of drug-likeness (QED) is 0.701. The monoisotopic (exact) mass is 318 g/mol.